The summed E-state index contributed by atoms with van der Waals surface area (Å²) < 4.78 is 5.63. The molecule has 2 aliphatic heterocycles. The second-order valence-electron chi connectivity index (χ2n) is 13.6. The van der Waals surface area contributed by atoms with Gasteiger partial charge in [-0.25, -0.2) is 4.79 Å². The van der Waals surface area contributed by atoms with Crippen LogP contribution in [0.5, 0.6) is 0 Å². The molecule has 2 saturated heterocycles. The molecule has 214 valence electrons. The fourth-order valence-corrected chi connectivity index (χ4v) is 7.07. The van der Waals surface area contributed by atoms with Crippen molar-refractivity contribution < 1.29 is 9.53 Å². The van der Waals surface area contributed by atoms with E-state index in [1.54, 1.807) is 0 Å². The molecule has 0 N–H and O–H groups in total. The highest BCUT2D eigenvalue weighted by molar-refractivity contribution is 5.68. The summed E-state index contributed by atoms with van der Waals surface area (Å²) >= 11 is 0. The summed E-state index contributed by atoms with van der Waals surface area (Å²) in [6.07, 6.45) is 4.45. The number of nitriles is 1. The molecule has 1 atom stereocenters. The molecule has 2 aromatic carbocycles. The highest BCUT2D eigenvalue weighted by Crippen LogP contribution is 2.53. The second-order valence-corrected chi connectivity index (χ2v) is 13.6. The van der Waals surface area contributed by atoms with Crippen molar-refractivity contribution in [3.8, 4) is 6.07 Å². The van der Waals surface area contributed by atoms with Gasteiger partial charge in [-0.2, -0.15) is 5.26 Å². The van der Waals surface area contributed by atoms with Crippen LogP contribution < -0.4 is 0 Å². The van der Waals surface area contributed by atoms with Gasteiger partial charge in [-0.05, 0) is 86.6 Å². The van der Waals surface area contributed by atoms with Crippen molar-refractivity contribution >= 4 is 6.09 Å². The van der Waals surface area contributed by atoms with Gasteiger partial charge in [-0.3, -0.25) is 9.80 Å². The predicted molar refractivity (Wildman–Crippen MR) is 159 cm³/mol. The van der Waals surface area contributed by atoms with Crippen molar-refractivity contribution in [3.63, 3.8) is 0 Å². The zero-order chi connectivity index (χ0) is 28.5. The van der Waals surface area contributed by atoms with Gasteiger partial charge in [-0.1, -0.05) is 50.2 Å². The largest absolute Gasteiger partial charge is 0.444 e. The maximum Gasteiger partial charge on any atom is 0.410 e. The Bertz CT molecular complexity index is 1210. The van der Waals surface area contributed by atoms with Crippen LogP contribution in [0.15, 0.2) is 48.5 Å². The minimum absolute atomic E-state index is 0.165. The number of hydrogen-bond acceptors (Lipinski definition) is 5. The molecule has 1 amide bonds. The molecule has 3 fully saturated rings. The topological polar surface area (TPSA) is 59.8 Å². The Morgan fingerprint density at radius 3 is 2.33 bits per heavy atom. The Morgan fingerprint density at radius 2 is 1.70 bits per heavy atom. The van der Waals surface area contributed by atoms with Crippen molar-refractivity contribution in [2.75, 3.05) is 32.7 Å². The lowest BCUT2D eigenvalue weighted by atomic mass is 9.59. The van der Waals surface area contributed by atoms with E-state index in [1.807, 2.05) is 37.8 Å². The van der Waals surface area contributed by atoms with Gasteiger partial charge in [0.05, 0.1) is 11.6 Å². The number of piperidine rings is 1. The summed E-state index contributed by atoms with van der Waals surface area (Å²) in [5.41, 5.74) is 4.83. The van der Waals surface area contributed by atoms with Crippen LogP contribution in [0.1, 0.15) is 94.5 Å². The Morgan fingerprint density at radius 1 is 1.02 bits per heavy atom. The molecule has 2 aromatic rings. The van der Waals surface area contributed by atoms with Crippen LogP contribution in [0.25, 0.3) is 0 Å². The molecule has 1 unspecified atom stereocenters. The Kier molecular flexibility index (Phi) is 8.27. The SMILES string of the molecule is CC(C)c1ccccc1C1CN(Cc2ccc(C#N)cc2)CCN1C1CC2(CCN(C(=O)OC(C)(C)C)CC2)C1. The quantitative estimate of drug-likeness (QED) is 0.420. The number of carbonyl (C=O) groups excluding carboxylic acids is 1. The summed E-state index contributed by atoms with van der Waals surface area (Å²) in [5, 5.41) is 9.17. The van der Waals surface area contributed by atoms with Crippen LogP contribution >= 0.6 is 0 Å². The summed E-state index contributed by atoms with van der Waals surface area (Å²) in [6, 6.07) is 20.3. The van der Waals surface area contributed by atoms with Gasteiger partial charge in [0.1, 0.15) is 5.60 Å². The molecule has 3 aliphatic rings. The normalized spacial score (nSPS) is 22.2. The van der Waals surface area contributed by atoms with Gasteiger partial charge in [0, 0.05) is 51.4 Å². The van der Waals surface area contributed by atoms with E-state index in [0.717, 1.165) is 52.1 Å². The second kappa shape index (κ2) is 11.5. The molecule has 1 spiro atoms. The number of amides is 1. The summed E-state index contributed by atoms with van der Waals surface area (Å²) in [6.45, 7) is 16.1. The molecule has 5 rings (SSSR count). The lowest BCUT2D eigenvalue weighted by Crippen LogP contribution is -2.60. The molecule has 6 heteroatoms. The van der Waals surface area contributed by atoms with Gasteiger partial charge in [-0.15, -0.1) is 0 Å². The van der Waals surface area contributed by atoms with E-state index >= 15 is 0 Å². The number of carbonyl (C=O) groups is 1. The first-order valence-electron chi connectivity index (χ1n) is 15.1. The van der Waals surface area contributed by atoms with Gasteiger partial charge in [0.25, 0.3) is 0 Å². The van der Waals surface area contributed by atoms with Gasteiger partial charge in [0.2, 0.25) is 0 Å². The van der Waals surface area contributed by atoms with Crippen molar-refractivity contribution in [1.82, 2.24) is 14.7 Å². The third-order valence-corrected chi connectivity index (χ3v) is 9.25. The molecule has 0 aromatic heterocycles. The first kappa shape index (κ1) is 28.6. The van der Waals surface area contributed by atoms with Crippen LogP contribution in [0.2, 0.25) is 0 Å². The third-order valence-electron chi connectivity index (χ3n) is 9.25. The first-order valence-corrected chi connectivity index (χ1v) is 15.1. The highest BCUT2D eigenvalue weighted by atomic mass is 16.6. The molecule has 1 aliphatic carbocycles. The van der Waals surface area contributed by atoms with E-state index in [9.17, 15) is 10.1 Å². The number of likely N-dealkylation sites (tertiary alicyclic amines) is 1. The van der Waals surface area contributed by atoms with Crippen LogP contribution in [0.4, 0.5) is 4.79 Å². The van der Waals surface area contributed by atoms with E-state index in [0.29, 0.717) is 29.0 Å². The average molecular weight is 543 g/mol. The number of rotatable bonds is 5. The first-order chi connectivity index (χ1) is 19.1. The Balaban J connectivity index is 1.27. The van der Waals surface area contributed by atoms with E-state index in [4.69, 9.17) is 4.74 Å². The van der Waals surface area contributed by atoms with Crippen LogP contribution in [0, 0.1) is 16.7 Å². The molecule has 40 heavy (non-hydrogen) atoms. The third kappa shape index (κ3) is 6.37. The summed E-state index contributed by atoms with van der Waals surface area (Å²) in [7, 11) is 0. The lowest BCUT2D eigenvalue weighted by molar-refractivity contribution is -0.0782. The van der Waals surface area contributed by atoms with Gasteiger partial charge >= 0.3 is 6.09 Å². The maximum atomic E-state index is 12.6. The van der Waals surface area contributed by atoms with Gasteiger partial charge in [0.15, 0.2) is 0 Å². The van der Waals surface area contributed by atoms with Crippen LogP contribution in [-0.2, 0) is 11.3 Å². The zero-order valence-corrected chi connectivity index (χ0v) is 25.0. The Hall–Kier alpha value is -2.88. The molecule has 0 radical (unpaired) electrons. The molecule has 0 bridgehead atoms. The fourth-order valence-electron chi connectivity index (χ4n) is 7.07. The fraction of sp³-hybridized carbons (Fsp3) is 0.588. The predicted octanol–water partition coefficient (Wildman–Crippen LogP) is 6.72. The molecule has 6 nitrogen and oxygen atoms in total. The highest BCUT2D eigenvalue weighted by Gasteiger charge is 2.50. The average Bonchev–Trinajstić information content (AvgIpc) is 2.91. The minimum atomic E-state index is -0.447. The standard InChI is InChI=1S/C34H46N4O2/c1-25(2)29-8-6-7-9-30(29)31-24-36(23-27-12-10-26(22-35)11-13-27)18-19-38(31)28-20-34(21-28)14-16-37(17-15-34)32(39)40-33(3,4)5/h6-13,25,28,31H,14-21,23-24H2,1-5H3. The monoisotopic (exact) mass is 542 g/mol. The maximum absolute atomic E-state index is 12.6. The summed E-state index contributed by atoms with van der Waals surface area (Å²) in [5.74, 6) is 0.483. The minimum Gasteiger partial charge on any atom is -0.444 e. The number of piperazine rings is 1. The number of ether oxygens (including phenoxy) is 1. The molecular weight excluding hydrogens is 496 g/mol. The zero-order valence-electron chi connectivity index (χ0n) is 25.0. The number of hydrogen-bond donors (Lipinski definition) is 0. The van der Waals surface area contributed by atoms with E-state index in [1.165, 1.54) is 29.5 Å². The van der Waals surface area contributed by atoms with Crippen molar-refractivity contribution in [1.29, 1.82) is 5.26 Å². The Labute approximate surface area is 240 Å². The number of benzene rings is 2. The molecular formula is C34H46N4O2. The van der Waals surface area contributed by atoms with Crippen molar-refractivity contribution in [3.05, 3.63) is 70.8 Å². The van der Waals surface area contributed by atoms with Gasteiger partial charge < -0.3 is 9.64 Å². The van der Waals surface area contributed by atoms with E-state index in [2.05, 4.69) is 66.1 Å². The van der Waals surface area contributed by atoms with Crippen molar-refractivity contribution in [2.24, 2.45) is 5.41 Å². The summed E-state index contributed by atoms with van der Waals surface area (Å²) in [4.78, 5) is 19.9. The lowest BCUT2D eigenvalue weighted by Gasteiger charge is -2.58. The van der Waals surface area contributed by atoms with Crippen molar-refractivity contribution in [2.45, 2.75) is 90.4 Å². The smallest absolute Gasteiger partial charge is 0.410 e. The van der Waals surface area contributed by atoms with E-state index in [-0.39, 0.29) is 6.09 Å². The van der Waals surface area contributed by atoms with Crippen LogP contribution in [-0.4, -0.2) is 65.2 Å². The molecule has 2 heterocycles. The van der Waals surface area contributed by atoms with Crippen LogP contribution in [0.3, 0.4) is 0 Å². The molecule has 1 saturated carbocycles. The van der Waals surface area contributed by atoms with E-state index < -0.39 is 5.60 Å². The number of nitrogens with zero attached hydrogens (tertiary/aromatic N) is 4.